The van der Waals surface area contributed by atoms with E-state index in [4.69, 9.17) is 4.52 Å². The molecule has 7 heteroatoms. The molecule has 21 heavy (non-hydrogen) atoms. The third-order valence-corrected chi connectivity index (χ3v) is 3.19. The summed E-state index contributed by atoms with van der Waals surface area (Å²) in [5.74, 6) is 0.945. The van der Waals surface area contributed by atoms with Gasteiger partial charge in [-0.15, -0.1) is 0 Å². The number of nitrogens with one attached hydrogen (secondary N) is 2. The van der Waals surface area contributed by atoms with Gasteiger partial charge in [0.05, 0.1) is 18.7 Å². The lowest BCUT2D eigenvalue weighted by Gasteiger charge is -2.10. The summed E-state index contributed by atoms with van der Waals surface area (Å²) in [5, 5.41) is 13.6. The molecule has 0 bridgehead atoms. The van der Waals surface area contributed by atoms with Crippen LogP contribution in [0.3, 0.4) is 0 Å². The summed E-state index contributed by atoms with van der Waals surface area (Å²) in [6.45, 7) is 10.0. The van der Waals surface area contributed by atoms with E-state index < -0.39 is 0 Å². The zero-order chi connectivity index (χ0) is 15.6. The first-order valence-electron chi connectivity index (χ1n) is 6.87. The van der Waals surface area contributed by atoms with Crippen LogP contribution in [0.5, 0.6) is 0 Å². The largest absolute Gasteiger partial charge is 0.347 e. The highest BCUT2D eigenvalue weighted by Crippen LogP contribution is 2.18. The molecule has 0 unspecified atom stereocenters. The predicted molar refractivity (Wildman–Crippen MR) is 76.6 cm³/mol. The maximum atomic E-state index is 11.9. The Balaban J connectivity index is 1.91. The molecule has 1 amide bonds. The lowest BCUT2D eigenvalue weighted by atomic mass is 9.96. The zero-order valence-corrected chi connectivity index (χ0v) is 13.1. The summed E-state index contributed by atoms with van der Waals surface area (Å²) < 4.78 is 5.13. The number of carbonyl (C=O) groups excluding carboxylic acids is 1. The van der Waals surface area contributed by atoms with Crippen LogP contribution < -0.4 is 5.32 Å². The highest BCUT2D eigenvalue weighted by Gasteiger charge is 2.21. The van der Waals surface area contributed by atoms with E-state index >= 15 is 0 Å². The molecule has 0 saturated carbocycles. The Bertz CT molecular complexity index is 617. The van der Waals surface area contributed by atoms with Gasteiger partial charge in [0.25, 0.3) is 0 Å². The lowest BCUT2D eigenvalue weighted by Crippen LogP contribution is -2.25. The van der Waals surface area contributed by atoms with Crippen LogP contribution in [0.1, 0.15) is 49.4 Å². The minimum atomic E-state index is -0.170. The fourth-order valence-electron chi connectivity index (χ4n) is 1.86. The van der Waals surface area contributed by atoms with Crippen LogP contribution in [0, 0.1) is 13.8 Å². The SMILES string of the molecule is Cc1n[nH]c(C)c1CC(=O)NCc1nc(C(C)(C)C)no1. The predicted octanol–water partition coefficient (Wildman–Crippen LogP) is 1.57. The molecule has 0 aromatic carbocycles. The van der Waals surface area contributed by atoms with Crippen molar-refractivity contribution in [2.75, 3.05) is 0 Å². The van der Waals surface area contributed by atoms with Crippen LogP contribution in [0.25, 0.3) is 0 Å². The van der Waals surface area contributed by atoms with Gasteiger partial charge in [-0.3, -0.25) is 9.89 Å². The van der Waals surface area contributed by atoms with Crippen LogP contribution in [-0.2, 0) is 23.2 Å². The summed E-state index contributed by atoms with van der Waals surface area (Å²) in [6, 6.07) is 0. The normalized spacial score (nSPS) is 11.7. The Kier molecular flexibility index (Phi) is 4.11. The van der Waals surface area contributed by atoms with Crippen LogP contribution >= 0.6 is 0 Å². The molecular weight excluding hydrogens is 270 g/mol. The molecule has 2 N–H and O–H groups in total. The Morgan fingerprint density at radius 3 is 2.57 bits per heavy atom. The molecule has 0 saturated heterocycles. The zero-order valence-electron chi connectivity index (χ0n) is 13.1. The summed E-state index contributed by atoms with van der Waals surface area (Å²) in [6.07, 6.45) is 0.286. The van der Waals surface area contributed by atoms with E-state index in [9.17, 15) is 4.79 Å². The number of aromatic amines is 1. The number of amides is 1. The van der Waals surface area contributed by atoms with Crippen molar-refractivity contribution in [3.8, 4) is 0 Å². The second-order valence-electron chi connectivity index (χ2n) is 6.13. The number of H-pyrrole nitrogens is 1. The third-order valence-electron chi connectivity index (χ3n) is 3.19. The van der Waals surface area contributed by atoms with Gasteiger partial charge in [0, 0.05) is 16.7 Å². The maximum Gasteiger partial charge on any atom is 0.246 e. The first kappa shape index (κ1) is 15.2. The molecule has 0 fully saturated rings. The molecule has 0 radical (unpaired) electrons. The van der Waals surface area contributed by atoms with E-state index in [1.54, 1.807) is 0 Å². The van der Waals surface area contributed by atoms with Gasteiger partial charge in [-0.05, 0) is 13.8 Å². The number of carbonyl (C=O) groups is 1. The van der Waals surface area contributed by atoms with Gasteiger partial charge in [0.15, 0.2) is 5.82 Å². The van der Waals surface area contributed by atoms with Crippen LogP contribution in [0.2, 0.25) is 0 Å². The molecule has 2 rings (SSSR count). The van der Waals surface area contributed by atoms with Crippen LogP contribution in [-0.4, -0.2) is 26.2 Å². The quantitative estimate of drug-likeness (QED) is 0.891. The minimum absolute atomic E-state index is 0.0990. The van der Waals surface area contributed by atoms with Crippen molar-refractivity contribution >= 4 is 5.91 Å². The average molecular weight is 291 g/mol. The Morgan fingerprint density at radius 1 is 1.33 bits per heavy atom. The van der Waals surface area contributed by atoms with E-state index in [0.717, 1.165) is 17.0 Å². The average Bonchev–Trinajstić information content (AvgIpc) is 2.98. The van der Waals surface area contributed by atoms with E-state index in [2.05, 4.69) is 25.7 Å². The van der Waals surface area contributed by atoms with Crippen molar-refractivity contribution in [1.82, 2.24) is 25.7 Å². The number of rotatable bonds is 4. The second kappa shape index (κ2) is 5.67. The fourth-order valence-corrected chi connectivity index (χ4v) is 1.86. The number of aryl methyl sites for hydroxylation is 2. The molecule has 0 aliphatic rings. The topological polar surface area (TPSA) is 96.7 Å². The highest BCUT2D eigenvalue weighted by atomic mass is 16.5. The third kappa shape index (κ3) is 3.68. The smallest absolute Gasteiger partial charge is 0.246 e. The standard InChI is InChI=1S/C14H21N5O2/c1-8-10(9(2)18-17-8)6-11(20)15-7-12-16-13(19-21-12)14(3,4)5/h6-7H2,1-5H3,(H,15,20)(H,17,18). The number of nitrogens with zero attached hydrogens (tertiary/aromatic N) is 3. The van der Waals surface area contributed by atoms with Gasteiger partial charge in [-0.2, -0.15) is 10.1 Å². The number of hydrogen-bond donors (Lipinski definition) is 2. The molecule has 0 atom stereocenters. The first-order chi connectivity index (χ1) is 9.77. The van der Waals surface area contributed by atoms with Gasteiger partial charge >= 0.3 is 0 Å². The molecular formula is C14H21N5O2. The van der Waals surface area contributed by atoms with Crippen molar-refractivity contribution in [2.45, 2.75) is 53.0 Å². The van der Waals surface area contributed by atoms with Crippen molar-refractivity contribution < 1.29 is 9.32 Å². The molecule has 0 aliphatic carbocycles. The lowest BCUT2D eigenvalue weighted by molar-refractivity contribution is -0.120. The number of hydrogen-bond acceptors (Lipinski definition) is 5. The van der Waals surface area contributed by atoms with Crippen molar-refractivity contribution in [3.63, 3.8) is 0 Å². The monoisotopic (exact) mass is 291 g/mol. The van der Waals surface area contributed by atoms with Gasteiger partial charge in [-0.1, -0.05) is 25.9 Å². The Labute approximate surface area is 123 Å². The minimum Gasteiger partial charge on any atom is -0.347 e. The summed E-state index contributed by atoms with van der Waals surface area (Å²) in [4.78, 5) is 16.2. The van der Waals surface area contributed by atoms with Gasteiger partial charge < -0.3 is 9.84 Å². The summed E-state index contributed by atoms with van der Waals surface area (Å²) in [7, 11) is 0. The van der Waals surface area contributed by atoms with E-state index in [1.165, 1.54) is 0 Å². The van der Waals surface area contributed by atoms with Gasteiger partial charge in [0.1, 0.15) is 0 Å². The summed E-state index contributed by atoms with van der Waals surface area (Å²) in [5.41, 5.74) is 2.51. The number of aromatic nitrogens is 4. The molecule has 7 nitrogen and oxygen atoms in total. The molecule has 2 aromatic heterocycles. The Morgan fingerprint density at radius 2 is 2.05 bits per heavy atom. The van der Waals surface area contributed by atoms with Crippen LogP contribution in [0.15, 0.2) is 4.52 Å². The van der Waals surface area contributed by atoms with Gasteiger partial charge in [0.2, 0.25) is 11.8 Å². The second-order valence-corrected chi connectivity index (χ2v) is 6.13. The van der Waals surface area contributed by atoms with Crippen molar-refractivity contribution in [3.05, 3.63) is 28.7 Å². The van der Waals surface area contributed by atoms with Crippen molar-refractivity contribution in [1.29, 1.82) is 0 Å². The molecule has 0 spiro atoms. The van der Waals surface area contributed by atoms with Crippen molar-refractivity contribution in [2.24, 2.45) is 0 Å². The Hall–Kier alpha value is -2.18. The molecule has 114 valence electrons. The van der Waals surface area contributed by atoms with E-state index in [0.29, 0.717) is 11.7 Å². The van der Waals surface area contributed by atoms with E-state index in [-0.39, 0.29) is 24.3 Å². The highest BCUT2D eigenvalue weighted by molar-refractivity contribution is 5.78. The molecule has 2 heterocycles. The summed E-state index contributed by atoms with van der Waals surface area (Å²) >= 11 is 0. The molecule has 0 aliphatic heterocycles. The maximum absolute atomic E-state index is 11.9. The first-order valence-corrected chi connectivity index (χ1v) is 6.87. The van der Waals surface area contributed by atoms with E-state index in [1.807, 2.05) is 34.6 Å². The fraction of sp³-hybridized carbons (Fsp3) is 0.571. The van der Waals surface area contributed by atoms with Gasteiger partial charge in [-0.25, -0.2) is 0 Å². The molecule has 2 aromatic rings. The van der Waals surface area contributed by atoms with Crippen LogP contribution in [0.4, 0.5) is 0 Å².